The van der Waals surface area contributed by atoms with Crippen molar-refractivity contribution in [1.82, 2.24) is 0 Å². The van der Waals surface area contributed by atoms with Crippen LogP contribution in [-0.4, -0.2) is 21.2 Å². The zero-order valence-corrected chi connectivity index (χ0v) is 11.9. The first-order valence-corrected chi connectivity index (χ1v) is 7.52. The Morgan fingerprint density at radius 3 is 2.26 bits per heavy atom. The molecule has 0 aromatic heterocycles. The Hall–Kier alpha value is -2.14. The van der Waals surface area contributed by atoms with Gasteiger partial charge >= 0.3 is 119 Å². The molecule has 0 radical (unpaired) electrons. The molecule has 0 N–H and O–H groups in total. The molecule has 0 spiro atoms. The van der Waals surface area contributed by atoms with Gasteiger partial charge in [-0.1, -0.05) is 0 Å². The number of benzene rings is 2. The molecule has 0 amide bonds. The quantitative estimate of drug-likeness (QED) is 0.627. The molecular weight excluding hydrogens is 299 g/mol. The predicted molar refractivity (Wildman–Crippen MR) is 80.4 cm³/mol. The van der Waals surface area contributed by atoms with E-state index in [0.717, 1.165) is 15.7 Å². The second kappa shape index (κ2) is 7.33. The topological polar surface area (TPSA) is 36.1 Å². The molecule has 0 unspecified atom stereocenters. The fraction of sp³-hybridized carbons (Fsp3) is 0. The number of allylic oxidation sites excluding steroid dienone is 1. The van der Waals surface area contributed by atoms with Crippen LogP contribution < -0.4 is 0 Å². The van der Waals surface area contributed by atoms with E-state index in [4.69, 9.17) is 5.26 Å². The molecule has 0 atom stereocenters. The summed E-state index contributed by atoms with van der Waals surface area (Å²) < 4.78 is 1.04. The van der Waals surface area contributed by atoms with Crippen LogP contribution >= 0.6 is 0 Å². The van der Waals surface area contributed by atoms with Gasteiger partial charge in [0, 0.05) is 0 Å². The van der Waals surface area contributed by atoms with E-state index < -0.39 is 0 Å². The summed E-state index contributed by atoms with van der Waals surface area (Å²) >= 11 is -0.190. The van der Waals surface area contributed by atoms with Crippen molar-refractivity contribution in [3.63, 3.8) is 0 Å². The van der Waals surface area contributed by atoms with Crippen LogP contribution in [0.25, 0.3) is 4.47 Å². The van der Waals surface area contributed by atoms with E-state index in [1.807, 2.05) is 66.7 Å². The van der Waals surface area contributed by atoms with Gasteiger partial charge in [-0.2, -0.15) is 0 Å². The number of aliphatic imine (C=N–C) groups is 1. The third kappa shape index (κ3) is 4.22. The van der Waals surface area contributed by atoms with E-state index in [-0.39, 0.29) is 15.0 Å². The summed E-state index contributed by atoms with van der Waals surface area (Å²) in [6.07, 6.45) is 3.68. The Morgan fingerprint density at radius 1 is 1.00 bits per heavy atom. The molecule has 0 aliphatic rings. The van der Waals surface area contributed by atoms with Gasteiger partial charge in [-0.3, -0.25) is 0 Å². The second-order valence-electron chi connectivity index (χ2n) is 3.70. The summed E-state index contributed by atoms with van der Waals surface area (Å²) in [4.78, 5) is 6.60. The number of para-hydroxylation sites is 1. The van der Waals surface area contributed by atoms with Gasteiger partial charge in [0.25, 0.3) is 0 Å². The third-order valence-corrected chi connectivity index (χ3v) is 3.85. The zero-order chi connectivity index (χ0) is 13.3. The summed E-state index contributed by atoms with van der Waals surface area (Å²) in [5.74, 6) is 0. The molecule has 19 heavy (non-hydrogen) atoms. The van der Waals surface area contributed by atoms with Gasteiger partial charge in [-0.15, -0.1) is 0 Å². The monoisotopic (exact) mass is 312 g/mol. The predicted octanol–water partition coefficient (Wildman–Crippen LogP) is 3.62. The van der Waals surface area contributed by atoms with E-state index in [1.54, 1.807) is 6.21 Å². The van der Waals surface area contributed by atoms with Crippen molar-refractivity contribution < 1.29 is 0 Å². The normalized spacial score (nSPS) is 11.4. The first kappa shape index (κ1) is 13.3. The molecule has 2 aromatic rings. The van der Waals surface area contributed by atoms with Crippen molar-refractivity contribution in [3.8, 4) is 4.97 Å². The zero-order valence-electron chi connectivity index (χ0n) is 10.2. The van der Waals surface area contributed by atoms with Crippen LogP contribution in [-0.2, 0) is 0 Å². The molecule has 0 fully saturated rings. The average molecular weight is 311 g/mol. The van der Waals surface area contributed by atoms with E-state index >= 15 is 0 Å². The fourth-order valence-electron chi connectivity index (χ4n) is 1.55. The molecule has 2 aromatic carbocycles. The van der Waals surface area contributed by atoms with Crippen LogP contribution in [0.1, 0.15) is 5.56 Å². The average Bonchev–Trinajstić information content (AvgIpc) is 2.48. The van der Waals surface area contributed by atoms with E-state index in [1.165, 1.54) is 0 Å². The summed E-state index contributed by atoms with van der Waals surface area (Å²) in [6, 6.07) is 19.7. The van der Waals surface area contributed by atoms with Crippen LogP contribution in [0.5, 0.6) is 0 Å². The van der Waals surface area contributed by atoms with Crippen LogP contribution in [0.4, 0.5) is 5.69 Å². The van der Waals surface area contributed by atoms with Gasteiger partial charge in [0.2, 0.25) is 0 Å². The van der Waals surface area contributed by atoms with Crippen LogP contribution in [0, 0.1) is 10.2 Å². The summed E-state index contributed by atoms with van der Waals surface area (Å²) in [5.41, 5.74) is 2.00. The molecule has 92 valence electrons. The van der Waals surface area contributed by atoms with Gasteiger partial charge < -0.3 is 0 Å². The molecule has 0 saturated carbocycles. The number of rotatable bonds is 4. The van der Waals surface area contributed by atoms with Crippen molar-refractivity contribution in [2.24, 2.45) is 4.99 Å². The van der Waals surface area contributed by atoms with Crippen molar-refractivity contribution in [2.75, 3.05) is 0 Å². The molecule has 0 bridgehead atoms. The first-order chi connectivity index (χ1) is 9.40. The first-order valence-electron chi connectivity index (χ1n) is 5.81. The number of hydrogen-bond acceptors (Lipinski definition) is 2. The molecule has 3 heteroatoms. The van der Waals surface area contributed by atoms with Crippen molar-refractivity contribution >= 4 is 31.3 Å². The van der Waals surface area contributed by atoms with Gasteiger partial charge in [0.15, 0.2) is 0 Å². The van der Waals surface area contributed by atoms with Gasteiger partial charge in [0.1, 0.15) is 0 Å². The van der Waals surface area contributed by atoms with Crippen molar-refractivity contribution in [3.05, 3.63) is 72.3 Å². The number of nitrogens with zero attached hydrogens (tertiary/aromatic N) is 2. The minimum absolute atomic E-state index is 0.190. The molecule has 0 saturated heterocycles. The van der Waals surface area contributed by atoms with Crippen LogP contribution in [0.15, 0.2) is 71.7 Å². The molecule has 0 heterocycles. The summed E-state index contributed by atoms with van der Waals surface area (Å²) in [6.45, 7) is 0. The molecular formula is C16H12N2Se. The maximum atomic E-state index is 8.91. The fourth-order valence-corrected chi connectivity index (χ4v) is 2.56. The van der Waals surface area contributed by atoms with Crippen molar-refractivity contribution in [2.45, 2.75) is 0 Å². The molecule has 0 aliphatic heterocycles. The third-order valence-electron chi connectivity index (χ3n) is 2.42. The van der Waals surface area contributed by atoms with Crippen LogP contribution in [0.2, 0.25) is 0 Å². The number of hydrogen-bond donors (Lipinski definition) is 0. The molecule has 0 aliphatic carbocycles. The van der Waals surface area contributed by atoms with Gasteiger partial charge in [-0.05, 0) is 0 Å². The standard InChI is InChI=1S/C16H12N2Se/c17-13-19-16(14-7-3-1-4-8-14)11-12-18-15-9-5-2-6-10-15/h1-12H/b16-11-,18-12?. The Morgan fingerprint density at radius 2 is 1.63 bits per heavy atom. The minimum atomic E-state index is -0.190. The summed E-state index contributed by atoms with van der Waals surface area (Å²) in [5, 5.41) is 8.91. The Kier molecular flexibility index (Phi) is 5.13. The second-order valence-corrected chi connectivity index (χ2v) is 5.44. The molecule has 2 rings (SSSR count). The van der Waals surface area contributed by atoms with Crippen molar-refractivity contribution in [1.29, 1.82) is 5.26 Å². The van der Waals surface area contributed by atoms with Crippen LogP contribution in [0.3, 0.4) is 0 Å². The van der Waals surface area contributed by atoms with Gasteiger partial charge in [-0.25, -0.2) is 0 Å². The van der Waals surface area contributed by atoms with Gasteiger partial charge in [0.05, 0.1) is 0 Å². The van der Waals surface area contributed by atoms with E-state index in [9.17, 15) is 0 Å². The maximum absolute atomic E-state index is 8.91. The summed E-state index contributed by atoms with van der Waals surface area (Å²) in [7, 11) is 0. The Bertz CT molecular complexity index is 610. The Balaban J connectivity index is 2.19. The SMILES string of the molecule is N#C[Se]/C(=C\C=Nc1ccccc1)c1ccccc1. The number of nitriles is 1. The van der Waals surface area contributed by atoms with E-state index in [2.05, 4.69) is 9.96 Å². The van der Waals surface area contributed by atoms with E-state index in [0.29, 0.717) is 0 Å². The Labute approximate surface area is 119 Å². The molecule has 2 nitrogen and oxygen atoms in total.